The van der Waals surface area contributed by atoms with E-state index in [0.29, 0.717) is 12.4 Å². The van der Waals surface area contributed by atoms with Crippen LogP contribution in [0.15, 0.2) is 84.9 Å². The maximum Gasteiger partial charge on any atom is 0.233 e. The van der Waals surface area contributed by atoms with E-state index in [1.54, 1.807) is 18.2 Å². The summed E-state index contributed by atoms with van der Waals surface area (Å²) in [5.41, 5.74) is 7.30. The summed E-state index contributed by atoms with van der Waals surface area (Å²) in [6, 6.07) is 26.9. The Bertz CT molecular complexity index is 1030. The number of hydrogen-bond donors (Lipinski definition) is 2. The number of likely N-dealkylation sites (tertiary alicyclic amines) is 1. The summed E-state index contributed by atoms with van der Waals surface area (Å²) in [5.74, 6) is 0.707. The highest BCUT2D eigenvalue weighted by atomic mass is 16.5. The van der Waals surface area contributed by atoms with Crippen molar-refractivity contribution in [1.82, 2.24) is 0 Å². The van der Waals surface area contributed by atoms with Gasteiger partial charge >= 0.3 is 0 Å². The highest BCUT2D eigenvalue weighted by Crippen LogP contribution is 2.45. The molecule has 1 aliphatic heterocycles. The summed E-state index contributed by atoms with van der Waals surface area (Å²) in [5, 5.41) is 9.60. The number of primary amides is 1. The number of rotatable bonds is 9. The van der Waals surface area contributed by atoms with Crippen LogP contribution in [0.5, 0.6) is 11.5 Å². The molecule has 3 N–H and O–H groups in total. The summed E-state index contributed by atoms with van der Waals surface area (Å²) in [7, 11) is 2.26. The van der Waals surface area contributed by atoms with Crippen molar-refractivity contribution in [3.63, 3.8) is 0 Å². The maximum atomic E-state index is 13.2. The highest BCUT2D eigenvalue weighted by Gasteiger charge is 2.53. The van der Waals surface area contributed by atoms with Gasteiger partial charge in [-0.05, 0) is 23.3 Å². The first-order valence-corrected chi connectivity index (χ1v) is 11.6. The van der Waals surface area contributed by atoms with Gasteiger partial charge in [0.25, 0.3) is 0 Å². The van der Waals surface area contributed by atoms with Crippen LogP contribution < -0.4 is 10.5 Å². The van der Waals surface area contributed by atoms with Gasteiger partial charge in [-0.25, -0.2) is 0 Å². The summed E-state index contributed by atoms with van der Waals surface area (Å²) in [6.45, 7) is 3.40. The average Bonchev–Trinajstić information content (AvgIpc) is 3.21. The lowest BCUT2D eigenvalue weighted by atomic mass is 9.64. The van der Waals surface area contributed by atoms with Gasteiger partial charge in [0.05, 0.1) is 33.3 Å². The minimum Gasteiger partial charge on any atom is -0.508 e. The second-order valence-electron chi connectivity index (χ2n) is 9.34. The third kappa shape index (κ3) is 4.74. The van der Waals surface area contributed by atoms with Crippen LogP contribution in [0.1, 0.15) is 24.0 Å². The third-order valence-corrected chi connectivity index (χ3v) is 7.07. The van der Waals surface area contributed by atoms with Gasteiger partial charge in [0.15, 0.2) is 0 Å². The minimum atomic E-state index is -0.851. The predicted molar refractivity (Wildman–Crippen MR) is 130 cm³/mol. The number of phenolic OH excluding ortho intramolecular Hbond substituents is 1. The smallest absolute Gasteiger partial charge is 0.233 e. The molecule has 33 heavy (non-hydrogen) atoms. The minimum absolute atomic E-state index is 0.108. The first kappa shape index (κ1) is 22.9. The number of aromatic hydroxyl groups is 1. The molecule has 5 nitrogen and oxygen atoms in total. The first-order valence-electron chi connectivity index (χ1n) is 11.6. The Hall–Kier alpha value is -3.31. The van der Waals surface area contributed by atoms with E-state index in [2.05, 4.69) is 7.05 Å². The van der Waals surface area contributed by atoms with Crippen molar-refractivity contribution in [3.8, 4) is 11.5 Å². The van der Waals surface area contributed by atoms with Gasteiger partial charge in [-0.2, -0.15) is 0 Å². The Morgan fingerprint density at radius 2 is 1.67 bits per heavy atom. The molecule has 3 aromatic carbocycles. The molecule has 0 aromatic heterocycles. The van der Waals surface area contributed by atoms with Gasteiger partial charge in [0.1, 0.15) is 16.9 Å². The zero-order valence-corrected chi connectivity index (χ0v) is 19.2. The van der Waals surface area contributed by atoms with E-state index in [4.69, 9.17) is 10.5 Å². The van der Waals surface area contributed by atoms with Crippen LogP contribution in [0.2, 0.25) is 0 Å². The fourth-order valence-electron chi connectivity index (χ4n) is 5.47. The lowest BCUT2D eigenvalue weighted by Crippen LogP contribution is -2.51. The van der Waals surface area contributed by atoms with Crippen LogP contribution in [-0.4, -0.2) is 48.8 Å². The molecule has 0 saturated carbocycles. The molecule has 0 radical (unpaired) electrons. The second-order valence-corrected chi connectivity index (χ2v) is 9.34. The van der Waals surface area contributed by atoms with Crippen molar-refractivity contribution in [1.29, 1.82) is 0 Å². The van der Waals surface area contributed by atoms with Gasteiger partial charge in [0.2, 0.25) is 5.91 Å². The Kier molecular flexibility index (Phi) is 6.70. The van der Waals surface area contributed by atoms with Crippen LogP contribution in [0.25, 0.3) is 0 Å². The fraction of sp³-hybridized carbons (Fsp3) is 0.321. The van der Waals surface area contributed by atoms with Gasteiger partial charge in [-0.15, -0.1) is 0 Å². The van der Waals surface area contributed by atoms with Gasteiger partial charge in [0, 0.05) is 24.8 Å². The molecule has 1 amide bonds. The molecule has 1 heterocycles. The molecule has 5 heteroatoms. The standard InChI is InChI=1S/C28H32N2O3/c1-30(17-9-19-33-26-15-8-14-25(31)20-26)18-16-24(21-30)28(27(29)32,22-10-4-2-5-11-22)23-12-6-3-7-13-23/h2-8,10-15,20,24H,9,16-19,21H2,1H3,(H2-,29,31,32)/p+1/t24-,30?/m1/s1. The fourth-order valence-corrected chi connectivity index (χ4v) is 5.47. The van der Waals surface area contributed by atoms with Gasteiger partial charge < -0.3 is 20.1 Å². The molecular weight excluding hydrogens is 412 g/mol. The molecule has 1 aliphatic rings. The third-order valence-electron chi connectivity index (χ3n) is 7.07. The Labute approximate surface area is 196 Å². The molecule has 0 aliphatic carbocycles. The number of phenols is 1. The molecule has 4 rings (SSSR count). The van der Waals surface area contributed by atoms with Gasteiger partial charge in [-0.3, -0.25) is 4.79 Å². The van der Waals surface area contributed by atoms with Crippen LogP contribution >= 0.6 is 0 Å². The quantitative estimate of drug-likeness (QED) is 0.385. The number of carbonyl (C=O) groups excluding carboxylic acids is 1. The predicted octanol–water partition coefficient (Wildman–Crippen LogP) is 4.10. The van der Waals surface area contributed by atoms with Crippen LogP contribution in [0.3, 0.4) is 0 Å². The molecule has 172 valence electrons. The van der Waals surface area contributed by atoms with Crippen molar-refractivity contribution in [2.75, 3.05) is 33.3 Å². The van der Waals surface area contributed by atoms with Crippen molar-refractivity contribution >= 4 is 5.91 Å². The van der Waals surface area contributed by atoms with E-state index >= 15 is 0 Å². The lowest BCUT2D eigenvalue weighted by Gasteiger charge is -2.38. The molecular formula is C28H33N2O3+. The summed E-state index contributed by atoms with van der Waals surface area (Å²) in [6.07, 6.45) is 1.82. The van der Waals surface area contributed by atoms with Crippen LogP contribution in [-0.2, 0) is 10.2 Å². The van der Waals surface area contributed by atoms with Crippen molar-refractivity contribution < 1.29 is 19.1 Å². The Morgan fingerprint density at radius 1 is 1.03 bits per heavy atom. The number of amides is 1. The topological polar surface area (TPSA) is 72.6 Å². The van der Waals surface area contributed by atoms with E-state index < -0.39 is 5.41 Å². The molecule has 0 bridgehead atoms. The van der Waals surface area contributed by atoms with E-state index in [1.165, 1.54) is 0 Å². The molecule has 3 aromatic rings. The van der Waals surface area contributed by atoms with Crippen LogP contribution in [0, 0.1) is 5.92 Å². The molecule has 1 unspecified atom stereocenters. The summed E-state index contributed by atoms with van der Waals surface area (Å²) < 4.78 is 6.70. The second kappa shape index (κ2) is 9.67. The molecule has 1 fully saturated rings. The largest absolute Gasteiger partial charge is 0.508 e. The van der Waals surface area contributed by atoms with E-state index in [9.17, 15) is 9.90 Å². The summed E-state index contributed by atoms with van der Waals surface area (Å²) in [4.78, 5) is 13.2. The summed E-state index contributed by atoms with van der Waals surface area (Å²) >= 11 is 0. The Balaban J connectivity index is 1.52. The number of nitrogens with zero attached hydrogens (tertiary/aromatic N) is 1. The van der Waals surface area contributed by atoms with Crippen LogP contribution in [0.4, 0.5) is 0 Å². The zero-order chi connectivity index (χ0) is 23.3. The normalized spacial score (nSPS) is 20.5. The maximum absolute atomic E-state index is 13.2. The molecule has 1 saturated heterocycles. The number of ether oxygens (including phenoxy) is 1. The average molecular weight is 446 g/mol. The van der Waals surface area contributed by atoms with E-state index in [0.717, 1.165) is 48.1 Å². The van der Waals surface area contributed by atoms with E-state index in [-0.39, 0.29) is 17.6 Å². The number of carbonyl (C=O) groups is 1. The number of benzene rings is 3. The van der Waals surface area contributed by atoms with E-state index in [1.807, 2.05) is 66.7 Å². The number of nitrogens with two attached hydrogens (primary N) is 1. The van der Waals surface area contributed by atoms with Crippen molar-refractivity contribution in [2.24, 2.45) is 11.7 Å². The van der Waals surface area contributed by atoms with Crippen molar-refractivity contribution in [3.05, 3.63) is 96.1 Å². The number of quaternary nitrogens is 1. The first-order chi connectivity index (χ1) is 15.9. The van der Waals surface area contributed by atoms with Gasteiger partial charge in [-0.1, -0.05) is 66.7 Å². The monoisotopic (exact) mass is 445 g/mol. The SMILES string of the molecule is C[N+]1(CCCOc2cccc(O)c2)CC[C@@H](C(C(N)=O)(c2ccccc2)c2ccccc2)C1. The Morgan fingerprint density at radius 3 is 2.24 bits per heavy atom. The number of hydrogen-bond acceptors (Lipinski definition) is 3. The molecule has 0 spiro atoms. The zero-order valence-electron chi connectivity index (χ0n) is 19.2. The lowest BCUT2D eigenvalue weighted by molar-refractivity contribution is -0.899. The molecule has 2 atom stereocenters. The van der Waals surface area contributed by atoms with Crippen molar-refractivity contribution in [2.45, 2.75) is 18.3 Å². The highest BCUT2D eigenvalue weighted by molar-refractivity contribution is 5.91.